The monoisotopic (exact) mass is 325 g/mol. The van der Waals surface area contributed by atoms with E-state index in [1.807, 2.05) is 0 Å². The van der Waals surface area contributed by atoms with Gasteiger partial charge in [-0.15, -0.1) is 0 Å². The number of benzene rings is 1. The molecule has 0 saturated heterocycles. The van der Waals surface area contributed by atoms with Gasteiger partial charge in [0.25, 0.3) is 5.69 Å². The number of rotatable bonds is 4. The lowest BCUT2D eigenvalue weighted by Gasteiger charge is -2.05. The molecule has 1 heterocycles. The van der Waals surface area contributed by atoms with E-state index in [0.29, 0.717) is 10.0 Å². The van der Waals surface area contributed by atoms with Crippen LogP contribution >= 0.6 is 15.9 Å². The van der Waals surface area contributed by atoms with Crippen LogP contribution in [0.5, 0.6) is 0 Å². The zero-order chi connectivity index (χ0) is 14.0. The lowest BCUT2D eigenvalue weighted by molar-refractivity contribution is -0.385. The molecule has 2 rings (SSSR count). The molecule has 0 saturated carbocycles. The second kappa shape index (κ2) is 5.19. The average molecular weight is 326 g/mol. The molecule has 0 spiro atoms. The fourth-order valence-corrected chi connectivity index (χ4v) is 2.10. The average Bonchev–Trinajstić information content (AvgIpc) is 2.80. The van der Waals surface area contributed by atoms with Gasteiger partial charge >= 0.3 is 5.97 Å². The van der Waals surface area contributed by atoms with Gasteiger partial charge in [0.2, 0.25) is 0 Å². The van der Waals surface area contributed by atoms with E-state index in [9.17, 15) is 14.9 Å². The van der Waals surface area contributed by atoms with Gasteiger partial charge in [-0.1, -0.05) is 12.1 Å². The Kier molecular flexibility index (Phi) is 3.61. The zero-order valence-corrected chi connectivity index (χ0v) is 11.1. The van der Waals surface area contributed by atoms with Crippen molar-refractivity contribution in [2.75, 3.05) is 0 Å². The molecule has 0 bridgehead atoms. The number of nitro benzene ring substituents is 1. The van der Waals surface area contributed by atoms with Gasteiger partial charge in [-0.2, -0.15) is 5.10 Å². The smallest absolute Gasteiger partial charge is 0.356 e. The topological polar surface area (TPSA) is 98.3 Å². The highest BCUT2D eigenvalue weighted by molar-refractivity contribution is 9.10. The number of aromatic carboxylic acids is 1. The molecule has 1 aromatic heterocycles. The Labute approximate surface area is 115 Å². The van der Waals surface area contributed by atoms with E-state index in [0.717, 1.165) is 0 Å². The summed E-state index contributed by atoms with van der Waals surface area (Å²) >= 11 is 3.18. The molecule has 8 heteroatoms. The van der Waals surface area contributed by atoms with Gasteiger partial charge < -0.3 is 5.11 Å². The van der Waals surface area contributed by atoms with Crippen LogP contribution in [0.15, 0.2) is 34.9 Å². The van der Waals surface area contributed by atoms with Crippen molar-refractivity contribution in [3.8, 4) is 0 Å². The summed E-state index contributed by atoms with van der Waals surface area (Å²) in [4.78, 5) is 21.0. The number of nitrogens with zero attached hydrogens (tertiary/aromatic N) is 3. The summed E-state index contributed by atoms with van der Waals surface area (Å²) in [6.07, 6.45) is 1.51. The van der Waals surface area contributed by atoms with Crippen molar-refractivity contribution in [2.24, 2.45) is 0 Å². The quantitative estimate of drug-likeness (QED) is 0.687. The zero-order valence-electron chi connectivity index (χ0n) is 9.49. The molecule has 0 unspecified atom stereocenters. The maximum atomic E-state index is 10.8. The van der Waals surface area contributed by atoms with E-state index in [4.69, 9.17) is 5.11 Å². The third-order valence-electron chi connectivity index (χ3n) is 2.45. The summed E-state index contributed by atoms with van der Waals surface area (Å²) in [7, 11) is 0. The van der Waals surface area contributed by atoms with Gasteiger partial charge in [-0.25, -0.2) is 4.79 Å². The van der Waals surface area contributed by atoms with Gasteiger partial charge in [0.1, 0.15) is 4.47 Å². The first kappa shape index (κ1) is 13.2. The lowest BCUT2D eigenvalue weighted by Crippen LogP contribution is -2.05. The molecular formula is C11H8BrN3O4. The van der Waals surface area contributed by atoms with Crippen molar-refractivity contribution >= 4 is 27.6 Å². The van der Waals surface area contributed by atoms with Crippen molar-refractivity contribution in [1.82, 2.24) is 9.78 Å². The van der Waals surface area contributed by atoms with Crippen LogP contribution in [-0.2, 0) is 6.54 Å². The minimum absolute atomic E-state index is 0.0388. The van der Waals surface area contributed by atoms with E-state index in [-0.39, 0.29) is 17.9 Å². The molecule has 0 amide bonds. The highest BCUT2D eigenvalue weighted by Gasteiger charge is 2.15. The summed E-state index contributed by atoms with van der Waals surface area (Å²) < 4.78 is 1.78. The second-order valence-corrected chi connectivity index (χ2v) is 4.50. The minimum Gasteiger partial charge on any atom is -0.476 e. The Morgan fingerprint density at radius 2 is 2.21 bits per heavy atom. The van der Waals surface area contributed by atoms with E-state index < -0.39 is 10.9 Å². The predicted octanol–water partition coefficient (Wildman–Crippen LogP) is 2.30. The molecule has 1 aromatic carbocycles. The van der Waals surface area contributed by atoms with Gasteiger partial charge in [-0.3, -0.25) is 14.8 Å². The highest BCUT2D eigenvalue weighted by Crippen LogP contribution is 2.28. The first-order chi connectivity index (χ1) is 8.99. The number of carboxylic acid groups (broad SMARTS) is 1. The van der Waals surface area contributed by atoms with Crippen molar-refractivity contribution in [2.45, 2.75) is 6.54 Å². The van der Waals surface area contributed by atoms with E-state index in [2.05, 4.69) is 21.0 Å². The first-order valence-corrected chi connectivity index (χ1v) is 5.97. The van der Waals surface area contributed by atoms with Crippen molar-refractivity contribution < 1.29 is 14.8 Å². The van der Waals surface area contributed by atoms with Gasteiger partial charge in [0.05, 0.1) is 11.5 Å². The Balaban J connectivity index is 2.30. The molecule has 0 aliphatic carbocycles. The number of hydrogen-bond donors (Lipinski definition) is 1. The maximum absolute atomic E-state index is 10.8. The molecule has 0 aliphatic heterocycles. The maximum Gasteiger partial charge on any atom is 0.356 e. The SMILES string of the molecule is O=C(O)c1ccn(Cc2cccc([N+](=O)[O-])c2Br)n1. The van der Waals surface area contributed by atoms with Crippen LogP contribution in [0.1, 0.15) is 16.1 Å². The van der Waals surface area contributed by atoms with E-state index in [1.165, 1.54) is 23.0 Å². The third kappa shape index (κ3) is 2.79. The Bertz CT molecular complexity index is 653. The number of hydrogen-bond acceptors (Lipinski definition) is 4. The normalized spacial score (nSPS) is 10.4. The van der Waals surface area contributed by atoms with Crippen molar-refractivity contribution in [3.63, 3.8) is 0 Å². The highest BCUT2D eigenvalue weighted by atomic mass is 79.9. The summed E-state index contributed by atoms with van der Waals surface area (Å²) in [6.45, 7) is 0.246. The van der Waals surface area contributed by atoms with Gasteiger partial charge in [0.15, 0.2) is 5.69 Å². The number of halogens is 1. The predicted molar refractivity (Wildman–Crippen MR) is 69.1 cm³/mol. The number of carbonyl (C=O) groups is 1. The van der Waals surface area contributed by atoms with Crippen LogP contribution in [0, 0.1) is 10.1 Å². The van der Waals surface area contributed by atoms with E-state index in [1.54, 1.807) is 12.1 Å². The number of nitro groups is 1. The number of carboxylic acids is 1. The molecular weight excluding hydrogens is 318 g/mol. The largest absolute Gasteiger partial charge is 0.476 e. The molecule has 0 fully saturated rings. The Morgan fingerprint density at radius 1 is 1.47 bits per heavy atom. The molecule has 0 aliphatic rings. The number of aromatic nitrogens is 2. The summed E-state index contributed by atoms with van der Waals surface area (Å²) in [5.74, 6) is -1.11. The Morgan fingerprint density at radius 3 is 2.79 bits per heavy atom. The van der Waals surface area contributed by atoms with Crippen LogP contribution < -0.4 is 0 Å². The summed E-state index contributed by atoms with van der Waals surface area (Å²) in [5, 5.41) is 23.4. The molecule has 0 radical (unpaired) electrons. The van der Waals surface area contributed by atoms with Crippen LogP contribution in [0.25, 0.3) is 0 Å². The van der Waals surface area contributed by atoms with Crippen LogP contribution in [0.3, 0.4) is 0 Å². The van der Waals surface area contributed by atoms with E-state index >= 15 is 0 Å². The lowest BCUT2D eigenvalue weighted by atomic mass is 10.2. The van der Waals surface area contributed by atoms with Gasteiger partial charge in [-0.05, 0) is 27.6 Å². The van der Waals surface area contributed by atoms with Crippen LogP contribution in [-0.4, -0.2) is 25.8 Å². The first-order valence-electron chi connectivity index (χ1n) is 5.17. The van der Waals surface area contributed by atoms with Crippen LogP contribution in [0.2, 0.25) is 0 Å². The third-order valence-corrected chi connectivity index (χ3v) is 3.36. The molecule has 1 N–H and O–H groups in total. The minimum atomic E-state index is -1.11. The molecule has 98 valence electrons. The molecule has 0 atom stereocenters. The second-order valence-electron chi connectivity index (χ2n) is 3.71. The fraction of sp³-hybridized carbons (Fsp3) is 0.0909. The van der Waals surface area contributed by atoms with Crippen LogP contribution in [0.4, 0.5) is 5.69 Å². The summed E-state index contributed by atoms with van der Waals surface area (Å²) in [5.41, 5.74) is 0.541. The molecule has 19 heavy (non-hydrogen) atoms. The molecule has 7 nitrogen and oxygen atoms in total. The van der Waals surface area contributed by atoms with Crippen molar-refractivity contribution in [3.05, 3.63) is 56.3 Å². The summed E-state index contributed by atoms with van der Waals surface area (Å²) in [6, 6.07) is 6.03. The van der Waals surface area contributed by atoms with Gasteiger partial charge in [0, 0.05) is 12.3 Å². The standard InChI is InChI=1S/C11H8BrN3O4/c12-10-7(2-1-3-9(10)15(18)19)6-14-5-4-8(13-14)11(16)17/h1-5H,6H2,(H,16,17). The Hall–Kier alpha value is -2.22. The molecule has 2 aromatic rings. The fourth-order valence-electron chi connectivity index (χ4n) is 1.57. The van der Waals surface area contributed by atoms with Crippen molar-refractivity contribution in [1.29, 1.82) is 0 Å².